The largest absolute Gasteiger partial charge is 0.411 e. The molecule has 0 radical (unpaired) electrons. The molecule has 0 amide bonds. The highest BCUT2D eigenvalue weighted by molar-refractivity contribution is 7.94. The van der Waals surface area contributed by atoms with Crippen LogP contribution in [0.25, 0.3) is 0 Å². The number of anilines is 1. The third-order valence-electron chi connectivity index (χ3n) is 2.96. The van der Waals surface area contributed by atoms with Gasteiger partial charge in [-0.3, -0.25) is 4.72 Å². The molecule has 2 aromatic rings. The van der Waals surface area contributed by atoms with E-state index in [0.29, 0.717) is 15.6 Å². The zero-order valence-corrected chi connectivity index (χ0v) is 13.3. The van der Waals surface area contributed by atoms with Crippen LogP contribution >= 0.6 is 11.3 Å². The van der Waals surface area contributed by atoms with Gasteiger partial charge in [0.05, 0.1) is 5.71 Å². The third kappa shape index (κ3) is 3.62. The van der Waals surface area contributed by atoms with E-state index in [-0.39, 0.29) is 0 Å². The van der Waals surface area contributed by atoms with Gasteiger partial charge in [-0.2, -0.15) is 0 Å². The molecule has 2 rings (SSSR count). The molecule has 0 spiro atoms. The molecule has 112 valence electrons. The van der Waals surface area contributed by atoms with Gasteiger partial charge in [-0.25, -0.2) is 8.42 Å². The summed E-state index contributed by atoms with van der Waals surface area (Å²) in [5, 5.41) is 11.8. The quantitative estimate of drug-likeness (QED) is 0.503. The van der Waals surface area contributed by atoms with Gasteiger partial charge in [0.2, 0.25) is 0 Å². The van der Waals surface area contributed by atoms with Crippen molar-refractivity contribution < 1.29 is 13.6 Å². The van der Waals surface area contributed by atoms with Gasteiger partial charge >= 0.3 is 0 Å². The van der Waals surface area contributed by atoms with Crippen LogP contribution in [0.5, 0.6) is 0 Å². The lowest BCUT2D eigenvalue weighted by Crippen LogP contribution is -2.11. The maximum Gasteiger partial charge on any atom is 0.271 e. The summed E-state index contributed by atoms with van der Waals surface area (Å²) in [4.78, 5) is 1.03. The molecule has 5 nitrogen and oxygen atoms in total. The molecule has 21 heavy (non-hydrogen) atoms. The van der Waals surface area contributed by atoms with Gasteiger partial charge in [-0.15, -0.1) is 11.3 Å². The summed E-state index contributed by atoms with van der Waals surface area (Å²) in [7, 11) is -3.55. The fourth-order valence-corrected chi connectivity index (χ4v) is 4.09. The molecule has 7 heteroatoms. The second-order valence-electron chi connectivity index (χ2n) is 4.44. The minimum absolute atomic E-state index is 0.302. The first-order valence-electron chi connectivity index (χ1n) is 6.37. The highest BCUT2D eigenvalue weighted by atomic mass is 32.2. The summed E-state index contributed by atoms with van der Waals surface area (Å²) < 4.78 is 27.3. The molecule has 0 aliphatic carbocycles. The molecule has 1 heterocycles. The molecule has 0 aliphatic rings. The van der Waals surface area contributed by atoms with Gasteiger partial charge in [0.1, 0.15) is 4.21 Å². The van der Waals surface area contributed by atoms with Crippen LogP contribution in [0.2, 0.25) is 0 Å². The topological polar surface area (TPSA) is 78.8 Å². The second kappa shape index (κ2) is 6.28. The molecule has 0 bridgehead atoms. The van der Waals surface area contributed by atoms with E-state index in [2.05, 4.69) is 9.88 Å². The smallest absolute Gasteiger partial charge is 0.271 e. The zero-order chi connectivity index (χ0) is 15.5. The molecule has 0 saturated heterocycles. The highest BCUT2D eigenvalue weighted by Gasteiger charge is 2.16. The number of benzene rings is 1. The molecule has 1 aromatic heterocycles. The first-order chi connectivity index (χ1) is 9.96. The van der Waals surface area contributed by atoms with E-state index in [0.717, 1.165) is 16.9 Å². The number of nitrogens with zero attached hydrogens (tertiary/aromatic N) is 1. The Morgan fingerprint density at radius 2 is 1.90 bits per heavy atom. The fraction of sp³-hybridized carbons (Fsp3) is 0.214. The van der Waals surface area contributed by atoms with Crippen molar-refractivity contribution in [2.24, 2.45) is 5.16 Å². The number of thiophene rings is 1. The van der Waals surface area contributed by atoms with E-state index in [1.165, 1.54) is 11.3 Å². The molecule has 2 N–H and O–H groups in total. The Morgan fingerprint density at radius 3 is 2.43 bits per heavy atom. The molecular weight excluding hydrogens is 308 g/mol. The number of hydrogen-bond acceptors (Lipinski definition) is 5. The zero-order valence-electron chi connectivity index (χ0n) is 11.7. The molecule has 0 fully saturated rings. The Bertz CT molecular complexity index is 747. The van der Waals surface area contributed by atoms with Gasteiger partial charge in [0.25, 0.3) is 10.0 Å². The first-order valence-corrected chi connectivity index (χ1v) is 8.67. The molecule has 0 aliphatic heterocycles. The standard InChI is InChI=1S/C14H16N2O3S2/c1-3-13-8-9-14(20-13)21(18,19)16-12-6-4-11(5-7-12)10(2)15-17/h4-9,16-17H,3H2,1-2H3. The summed E-state index contributed by atoms with van der Waals surface area (Å²) in [5.74, 6) is 0. The van der Waals surface area contributed by atoms with E-state index in [1.807, 2.05) is 13.0 Å². The lowest BCUT2D eigenvalue weighted by atomic mass is 10.1. The van der Waals surface area contributed by atoms with E-state index in [1.54, 1.807) is 37.3 Å². The summed E-state index contributed by atoms with van der Waals surface area (Å²) in [5.41, 5.74) is 1.66. The third-order valence-corrected chi connectivity index (χ3v) is 6.06. The van der Waals surface area contributed by atoms with Crippen LogP contribution in [0.4, 0.5) is 5.69 Å². The molecule has 1 aromatic carbocycles. The summed E-state index contributed by atoms with van der Waals surface area (Å²) in [6, 6.07) is 10.1. The van der Waals surface area contributed by atoms with Crippen molar-refractivity contribution in [1.29, 1.82) is 0 Å². The molecular formula is C14H16N2O3S2. The van der Waals surface area contributed by atoms with Gasteiger partial charge in [0, 0.05) is 10.6 Å². The maximum absolute atomic E-state index is 12.2. The van der Waals surface area contributed by atoms with Crippen LogP contribution in [-0.2, 0) is 16.4 Å². The number of nitrogens with one attached hydrogen (secondary N) is 1. The van der Waals surface area contributed by atoms with Crippen molar-refractivity contribution in [2.45, 2.75) is 24.5 Å². The van der Waals surface area contributed by atoms with Crippen molar-refractivity contribution in [3.8, 4) is 0 Å². The molecule has 0 atom stereocenters. The number of rotatable bonds is 5. The van der Waals surface area contributed by atoms with Gasteiger partial charge in [-0.05, 0) is 43.2 Å². The van der Waals surface area contributed by atoms with Gasteiger partial charge in [-0.1, -0.05) is 24.2 Å². The number of hydrogen-bond donors (Lipinski definition) is 2. The normalized spacial score (nSPS) is 12.4. The van der Waals surface area contributed by atoms with Crippen molar-refractivity contribution >= 4 is 32.8 Å². The lowest BCUT2D eigenvalue weighted by molar-refractivity contribution is 0.319. The highest BCUT2D eigenvalue weighted by Crippen LogP contribution is 2.24. The van der Waals surface area contributed by atoms with Gasteiger partial charge < -0.3 is 5.21 Å². The van der Waals surface area contributed by atoms with Crippen LogP contribution in [0.3, 0.4) is 0 Å². The van der Waals surface area contributed by atoms with Crippen molar-refractivity contribution in [2.75, 3.05) is 4.72 Å². The Morgan fingerprint density at radius 1 is 1.24 bits per heavy atom. The average molecular weight is 324 g/mol. The monoisotopic (exact) mass is 324 g/mol. The Labute approximate surface area is 128 Å². The van der Waals surface area contributed by atoms with Gasteiger partial charge in [0.15, 0.2) is 0 Å². The number of sulfonamides is 1. The molecule has 0 unspecified atom stereocenters. The van der Waals surface area contributed by atoms with E-state index in [4.69, 9.17) is 5.21 Å². The molecule has 0 saturated carbocycles. The van der Waals surface area contributed by atoms with Crippen molar-refractivity contribution in [3.63, 3.8) is 0 Å². The summed E-state index contributed by atoms with van der Waals surface area (Å²) >= 11 is 1.27. The van der Waals surface area contributed by atoms with Crippen LogP contribution < -0.4 is 4.72 Å². The van der Waals surface area contributed by atoms with Crippen LogP contribution in [0.1, 0.15) is 24.3 Å². The second-order valence-corrected chi connectivity index (χ2v) is 7.52. The van der Waals surface area contributed by atoms with E-state index >= 15 is 0 Å². The number of oxime groups is 1. The SMILES string of the molecule is CCc1ccc(S(=O)(=O)Nc2ccc(C(C)=NO)cc2)s1. The first kappa shape index (κ1) is 15.5. The lowest BCUT2D eigenvalue weighted by Gasteiger charge is -2.07. The van der Waals surface area contributed by atoms with Crippen LogP contribution in [0.15, 0.2) is 45.8 Å². The maximum atomic E-state index is 12.2. The Kier molecular flexibility index (Phi) is 4.64. The summed E-state index contributed by atoms with van der Waals surface area (Å²) in [6.07, 6.45) is 0.814. The van der Waals surface area contributed by atoms with Crippen molar-refractivity contribution in [1.82, 2.24) is 0 Å². The summed E-state index contributed by atoms with van der Waals surface area (Å²) in [6.45, 7) is 3.65. The van der Waals surface area contributed by atoms with E-state index in [9.17, 15) is 8.42 Å². The average Bonchev–Trinajstić information content (AvgIpc) is 2.96. The van der Waals surface area contributed by atoms with Crippen LogP contribution in [-0.4, -0.2) is 19.3 Å². The predicted octanol–water partition coefficient (Wildman–Crippen LogP) is 3.31. The minimum Gasteiger partial charge on any atom is -0.411 e. The van der Waals surface area contributed by atoms with E-state index < -0.39 is 10.0 Å². The van der Waals surface area contributed by atoms with Crippen molar-refractivity contribution in [3.05, 3.63) is 46.8 Å². The Hall–Kier alpha value is -1.86. The minimum atomic E-state index is -3.55. The fourth-order valence-electron chi connectivity index (χ4n) is 1.74. The predicted molar refractivity (Wildman–Crippen MR) is 84.9 cm³/mol. The number of aryl methyl sites for hydroxylation is 1. The Balaban J connectivity index is 2.20. The van der Waals surface area contributed by atoms with Crippen LogP contribution in [0, 0.1) is 0 Å².